The minimum atomic E-state index is -4.44. The van der Waals surface area contributed by atoms with Crippen LogP contribution >= 0.6 is 0 Å². The first-order chi connectivity index (χ1) is 14.3. The van der Waals surface area contributed by atoms with Crippen LogP contribution in [0.25, 0.3) is 11.0 Å². The predicted octanol–water partition coefficient (Wildman–Crippen LogP) is 5.01. The standard InChI is InChI=1S/C22H21F3N2O3/c1-21(19(29-14-22(23,24)25)10-7-15-5-3-2-4-6-15)26-20(27-30-21)17-8-9-18-16(13-17)11-12-28-18/h2-6,8-9,11-13,19H,7,10,14H2,1H3,(H,26,27)/t19?,21-/m1/s1. The number of hydrogen-bond donors (Lipinski definition) is 1. The zero-order valence-corrected chi connectivity index (χ0v) is 16.3. The molecular weight excluding hydrogens is 397 g/mol. The number of fused-ring (bicyclic) bond motifs is 1. The van der Waals surface area contributed by atoms with Crippen LogP contribution in [0, 0.1) is 0 Å². The van der Waals surface area contributed by atoms with Gasteiger partial charge in [-0.15, -0.1) is 0 Å². The van der Waals surface area contributed by atoms with Gasteiger partial charge in [0.1, 0.15) is 18.3 Å². The summed E-state index contributed by atoms with van der Waals surface area (Å²) in [5, 5.41) is 0.888. The highest BCUT2D eigenvalue weighted by Crippen LogP contribution is 2.30. The van der Waals surface area contributed by atoms with E-state index < -0.39 is 24.6 Å². The molecule has 0 fully saturated rings. The number of nitrogens with zero attached hydrogens (tertiary/aromatic N) is 1. The lowest BCUT2D eigenvalue weighted by molar-refractivity contribution is -0.215. The Labute approximate surface area is 171 Å². The Morgan fingerprint density at radius 2 is 1.93 bits per heavy atom. The van der Waals surface area contributed by atoms with E-state index in [2.05, 4.69) is 10.5 Å². The summed E-state index contributed by atoms with van der Waals surface area (Å²) in [4.78, 5) is 10.2. The molecule has 2 atom stereocenters. The fourth-order valence-corrected chi connectivity index (χ4v) is 3.44. The van der Waals surface area contributed by atoms with E-state index in [0.717, 1.165) is 22.1 Å². The number of aryl methyl sites for hydroxylation is 1. The van der Waals surface area contributed by atoms with Crippen LogP contribution in [0.2, 0.25) is 0 Å². The van der Waals surface area contributed by atoms with Crippen molar-refractivity contribution < 1.29 is 27.2 Å². The van der Waals surface area contributed by atoms with Gasteiger partial charge in [-0.1, -0.05) is 30.3 Å². The number of ether oxygens (including phenoxy) is 1. The third kappa shape index (κ3) is 4.66. The first-order valence-corrected chi connectivity index (χ1v) is 9.56. The smallest absolute Gasteiger partial charge is 0.411 e. The second kappa shape index (κ2) is 8.12. The number of halogens is 3. The Hall–Kier alpha value is -2.84. The van der Waals surface area contributed by atoms with E-state index in [9.17, 15) is 13.2 Å². The molecule has 2 aromatic carbocycles. The lowest BCUT2D eigenvalue weighted by Gasteiger charge is -2.30. The number of nitrogens with one attached hydrogen (secondary N) is 1. The van der Waals surface area contributed by atoms with Crippen LogP contribution in [0.1, 0.15) is 24.5 Å². The Kier molecular flexibility index (Phi) is 5.53. The van der Waals surface area contributed by atoms with E-state index in [4.69, 9.17) is 14.0 Å². The second-order valence-electron chi connectivity index (χ2n) is 7.33. The minimum Gasteiger partial charge on any atom is -0.464 e. The molecule has 0 radical (unpaired) electrons. The fourth-order valence-electron chi connectivity index (χ4n) is 3.44. The van der Waals surface area contributed by atoms with Gasteiger partial charge in [0.15, 0.2) is 5.84 Å². The van der Waals surface area contributed by atoms with Gasteiger partial charge in [-0.05, 0) is 49.6 Å². The number of rotatable bonds is 7. The van der Waals surface area contributed by atoms with Gasteiger partial charge in [0.2, 0.25) is 5.72 Å². The average molecular weight is 418 g/mol. The number of hydrogen-bond acceptors (Lipinski definition) is 5. The van der Waals surface area contributed by atoms with Gasteiger partial charge in [0.05, 0.1) is 6.26 Å². The fraction of sp³-hybridized carbons (Fsp3) is 0.318. The molecule has 3 aromatic rings. The first-order valence-electron chi connectivity index (χ1n) is 9.56. The summed E-state index contributed by atoms with van der Waals surface area (Å²) in [6.45, 7) is 0.257. The molecule has 0 amide bonds. The van der Waals surface area contributed by atoms with E-state index in [1.54, 1.807) is 19.3 Å². The number of hydroxylamine groups is 1. The minimum absolute atomic E-state index is 0.315. The van der Waals surface area contributed by atoms with Crippen molar-refractivity contribution >= 4 is 16.8 Å². The Morgan fingerprint density at radius 1 is 1.13 bits per heavy atom. The van der Waals surface area contributed by atoms with Crippen molar-refractivity contribution in [3.8, 4) is 0 Å². The van der Waals surface area contributed by atoms with Crippen molar-refractivity contribution in [2.75, 3.05) is 6.61 Å². The molecule has 5 nitrogen and oxygen atoms in total. The number of aliphatic imine (C=N–C) groups is 1. The normalized spacial score (nSPS) is 20.2. The first kappa shape index (κ1) is 20.4. The van der Waals surface area contributed by atoms with Crippen LogP contribution < -0.4 is 5.48 Å². The molecule has 158 valence electrons. The van der Waals surface area contributed by atoms with Gasteiger partial charge in [-0.25, -0.2) is 15.3 Å². The monoisotopic (exact) mass is 418 g/mol. The molecule has 4 rings (SSSR count). The number of furan rings is 1. The summed E-state index contributed by atoms with van der Waals surface area (Å²) in [7, 11) is 0. The molecule has 0 aliphatic carbocycles. The topological polar surface area (TPSA) is 56.0 Å². The molecule has 8 heteroatoms. The lowest BCUT2D eigenvalue weighted by atomic mass is 10.00. The van der Waals surface area contributed by atoms with Crippen LogP contribution in [0.4, 0.5) is 13.2 Å². The van der Waals surface area contributed by atoms with E-state index in [1.165, 1.54) is 0 Å². The zero-order valence-electron chi connectivity index (χ0n) is 16.3. The zero-order chi connectivity index (χ0) is 21.2. The van der Waals surface area contributed by atoms with Gasteiger partial charge in [0.25, 0.3) is 0 Å². The maximum absolute atomic E-state index is 12.8. The number of amidine groups is 1. The van der Waals surface area contributed by atoms with Crippen LogP contribution in [0.15, 0.2) is 70.3 Å². The SMILES string of the molecule is C[C@@]1(C(CCc2ccccc2)OCC(F)(F)F)N=C(c2ccc3occc3c2)NO1. The molecule has 0 spiro atoms. The Bertz CT molecular complexity index is 1030. The van der Waals surface area contributed by atoms with Crippen LogP contribution in [0.5, 0.6) is 0 Å². The quantitative estimate of drug-likeness (QED) is 0.586. The average Bonchev–Trinajstić information content (AvgIpc) is 3.34. The largest absolute Gasteiger partial charge is 0.464 e. The summed E-state index contributed by atoms with van der Waals surface area (Å²) >= 11 is 0. The molecule has 1 aliphatic rings. The van der Waals surface area contributed by atoms with Crippen molar-refractivity contribution in [3.63, 3.8) is 0 Å². The Morgan fingerprint density at radius 3 is 2.70 bits per heavy atom. The number of benzene rings is 2. The maximum atomic E-state index is 12.8. The van der Waals surface area contributed by atoms with E-state index in [1.807, 2.05) is 48.5 Å². The third-order valence-electron chi connectivity index (χ3n) is 5.00. The third-order valence-corrected chi connectivity index (χ3v) is 5.00. The van der Waals surface area contributed by atoms with Gasteiger partial charge in [-0.3, -0.25) is 0 Å². The molecule has 1 aromatic heterocycles. The summed E-state index contributed by atoms with van der Waals surface area (Å²) in [5.41, 5.74) is 3.92. The molecule has 0 bridgehead atoms. The molecule has 1 aliphatic heterocycles. The van der Waals surface area contributed by atoms with Gasteiger partial charge < -0.3 is 9.15 Å². The van der Waals surface area contributed by atoms with Gasteiger partial charge in [-0.2, -0.15) is 13.2 Å². The van der Waals surface area contributed by atoms with Crippen LogP contribution in [0.3, 0.4) is 0 Å². The van der Waals surface area contributed by atoms with E-state index in [-0.39, 0.29) is 0 Å². The highest BCUT2D eigenvalue weighted by atomic mass is 19.4. The van der Waals surface area contributed by atoms with Crippen LogP contribution in [-0.4, -0.2) is 30.4 Å². The summed E-state index contributed by atoms with van der Waals surface area (Å²) in [6, 6.07) is 16.8. The van der Waals surface area contributed by atoms with E-state index >= 15 is 0 Å². The van der Waals surface area contributed by atoms with E-state index in [0.29, 0.717) is 18.7 Å². The van der Waals surface area contributed by atoms with Crippen molar-refractivity contribution in [1.82, 2.24) is 5.48 Å². The second-order valence-corrected chi connectivity index (χ2v) is 7.33. The highest BCUT2D eigenvalue weighted by molar-refractivity contribution is 6.01. The molecule has 1 N–H and O–H groups in total. The van der Waals surface area contributed by atoms with Crippen molar-refractivity contribution in [1.29, 1.82) is 0 Å². The molecule has 2 heterocycles. The van der Waals surface area contributed by atoms with Crippen molar-refractivity contribution in [3.05, 3.63) is 72.0 Å². The van der Waals surface area contributed by atoms with Crippen molar-refractivity contribution in [2.24, 2.45) is 4.99 Å². The summed E-state index contributed by atoms with van der Waals surface area (Å²) < 4.78 is 49.1. The van der Waals surface area contributed by atoms with Crippen molar-refractivity contribution in [2.45, 2.75) is 37.8 Å². The van der Waals surface area contributed by atoms with Gasteiger partial charge in [0, 0.05) is 10.9 Å². The summed E-state index contributed by atoms with van der Waals surface area (Å²) in [6.07, 6.45) is -2.90. The van der Waals surface area contributed by atoms with Crippen LogP contribution in [-0.2, 0) is 16.0 Å². The molecule has 30 heavy (non-hydrogen) atoms. The number of alkyl halides is 3. The van der Waals surface area contributed by atoms with Gasteiger partial charge >= 0.3 is 6.18 Å². The summed E-state index contributed by atoms with van der Waals surface area (Å²) in [5.74, 6) is 0.431. The molecule has 0 saturated carbocycles. The molecule has 1 unspecified atom stereocenters. The lowest BCUT2D eigenvalue weighted by Crippen LogP contribution is -2.43. The molecule has 0 saturated heterocycles. The predicted molar refractivity (Wildman–Crippen MR) is 106 cm³/mol. The molecular formula is C22H21F3N2O3. The highest BCUT2D eigenvalue weighted by Gasteiger charge is 2.43. The Balaban J connectivity index is 1.55. The maximum Gasteiger partial charge on any atom is 0.411 e.